The summed E-state index contributed by atoms with van der Waals surface area (Å²) in [6, 6.07) is 11.7. The van der Waals surface area contributed by atoms with Crippen molar-refractivity contribution >= 4 is 23.5 Å². The van der Waals surface area contributed by atoms with Gasteiger partial charge in [-0.2, -0.15) is 0 Å². The summed E-state index contributed by atoms with van der Waals surface area (Å²) in [6.07, 6.45) is 0. The summed E-state index contributed by atoms with van der Waals surface area (Å²) >= 11 is 0. The van der Waals surface area contributed by atoms with Gasteiger partial charge >= 0.3 is 6.03 Å². The molecule has 7 nitrogen and oxygen atoms in total. The number of rotatable bonds is 4. The standard InChI is InChI=1S/C22H22F2N4O3/c23-17-6-2-1-5-15(17)14-28-21(30)16(13-25-22(28)31)20(29)27-11-9-26(10-12-27)19-8-4-3-7-18(19)24/h1-8,16H,9-14H2,(H,25,31). The lowest BCUT2D eigenvalue weighted by atomic mass is 10.0. The Balaban J connectivity index is 1.41. The van der Waals surface area contributed by atoms with Crippen molar-refractivity contribution in [3.05, 3.63) is 65.7 Å². The number of hydrogen-bond acceptors (Lipinski definition) is 4. The molecule has 2 fully saturated rings. The van der Waals surface area contributed by atoms with Gasteiger partial charge in [0.1, 0.15) is 17.6 Å². The number of para-hydroxylation sites is 1. The van der Waals surface area contributed by atoms with Crippen molar-refractivity contribution in [1.82, 2.24) is 15.1 Å². The molecule has 2 saturated heterocycles. The molecule has 0 radical (unpaired) electrons. The second-order valence-electron chi connectivity index (χ2n) is 7.52. The summed E-state index contributed by atoms with van der Waals surface area (Å²) in [4.78, 5) is 42.4. The molecule has 31 heavy (non-hydrogen) atoms. The molecule has 4 rings (SSSR count). The fraction of sp³-hybridized carbons (Fsp3) is 0.318. The third-order valence-electron chi connectivity index (χ3n) is 5.64. The Labute approximate surface area is 178 Å². The molecule has 1 atom stereocenters. The third-order valence-corrected chi connectivity index (χ3v) is 5.64. The molecule has 4 amide bonds. The van der Waals surface area contributed by atoms with Gasteiger partial charge in [0.05, 0.1) is 12.2 Å². The first-order valence-electron chi connectivity index (χ1n) is 10.1. The van der Waals surface area contributed by atoms with Crippen molar-refractivity contribution < 1.29 is 23.2 Å². The molecule has 2 aliphatic rings. The lowest BCUT2D eigenvalue weighted by Gasteiger charge is -2.39. The number of anilines is 1. The van der Waals surface area contributed by atoms with Gasteiger partial charge in [0.25, 0.3) is 0 Å². The van der Waals surface area contributed by atoms with E-state index < -0.39 is 29.6 Å². The number of carbonyl (C=O) groups excluding carboxylic acids is 3. The Morgan fingerprint density at radius 3 is 2.26 bits per heavy atom. The maximum atomic E-state index is 14.0. The van der Waals surface area contributed by atoms with Crippen LogP contribution in [-0.2, 0) is 16.1 Å². The van der Waals surface area contributed by atoms with Crippen molar-refractivity contribution in [3.63, 3.8) is 0 Å². The van der Waals surface area contributed by atoms with Crippen LogP contribution in [0.3, 0.4) is 0 Å². The molecule has 0 spiro atoms. The quantitative estimate of drug-likeness (QED) is 0.756. The molecular formula is C22H22F2N4O3. The number of halogens is 2. The molecule has 2 aromatic rings. The number of carbonyl (C=O) groups is 3. The first-order chi connectivity index (χ1) is 15.0. The number of imide groups is 1. The molecule has 162 valence electrons. The summed E-state index contributed by atoms with van der Waals surface area (Å²) in [5.74, 6) is -2.95. The Bertz CT molecular complexity index is 1010. The summed E-state index contributed by atoms with van der Waals surface area (Å²) in [5.41, 5.74) is 0.671. The Morgan fingerprint density at radius 2 is 1.58 bits per heavy atom. The van der Waals surface area contributed by atoms with Crippen LogP contribution in [0, 0.1) is 17.6 Å². The maximum absolute atomic E-state index is 14.0. The largest absolute Gasteiger partial charge is 0.366 e. The second kappa shape index (κ2) is 8.71. The van der Waals surface area contributed by atoms with E-state index in [1.165, 1.54) is 24.3 Å². The Morgan fingerprint density at radius 1 is 0.935 bits per heavy atom. The smallest absolute Gasteiger partial charge is 0.324 e. The van der Waals surface area contributed by atoms with Gasteiger partial charge in [-0.1, -0.05) is 30.3 Å². The van der Waals surface area contributed by atoms with Crippen LogP contribution in [0.15, 0.2) is 48.5 Å². The fourth-order valence-electron chi connectivity index (χ4n) is 3.90. The van der Waals surface area contributed by atoms with Crippen molar-refractivity contribution in [2.24, 2.45) is 5.92 Å². The molecule has 0 aliphatic carbocycles. The number of amides is 4. The molecule has 2 aromatic carbocycles. The molecule has 2 aliphatic heterocycles. The lowest BCUT2D eigenvalue weighted by Crippen LogP contribution is -2.60. The normalized spacial score (nSPS) is 19.4. The highest BCUT2D eigenvalue weighted by Crippen LogP contribution is 2.22. The van der Waals surface area contributed by atoms with Gasteiger partial charge in [-0.3, -0.25) is 14.5 Å². The van der Waals surface area contributed by atoms with E-state index in [0.717, 1.165) is 4.90 Å². The molecule has 1 unspecified atom stereocenters. The zero-order valence-corrected chi connectivity index (χ0v) is 16.8. The Hall–Kier alpha value is -3.49. The monoisotopic (exact) mass is 428 g/mol. The van der Waals surface area contributed by atoms with E-state index in [1.807, 2.05) is 4.90 Å². The van der Waals surface area contributed by atoms with Crippen molar-refractivity contribution in [1.29, 1.82) is 0 Å². The first kappa shape index (κ1) is 20.8. The van der Waals surface area contributed by atoms with Crippen molar-refractivity contribution in [2.75, 3.05) is 37.6 Å². The second-order valence-corrected chi connectivity index (χ2v) is 7.52. The molecular weight excluding hydrogens is 406 g/mol. The van der Waals surface area contributed by atoms with Crippen molar-refractivity contribution in [3.8, 4) is 0 Å². The maximum Gasteiger partial charge on any atom is 0.324 e. The van der Waals surface area contributed by atoms with E-state index in [4.69, 9.17) is 0 Å². The number of piperazine rings is 1. The van der Waals surface area contributed by atoms with E-state index in [2.05, 4.69) is 5.32 Å². The van der Waals surface area contributed by atoms with Crippen LogP contribution in [0.4, 0.5) is 19.3 Å². The lowest BCUT2D eigenvalue weighted by molar-refractivity contribution is -0.147. The average Bonchev–Trinajstić information content (AvgIpc) is 2.78. The highest BCUT2D eigenvalue weighted by Gasteiger charge is 2.41. The van der Waals surface area contributed by atoms with Crippen LogP contribution in [0.5, 0.6) is 0 Å². The zero-order chi connectivity index (χ0) is 22.0. The summed E-state index contributed by atoms with van der Waals surface area (Å²) in [5, 5.41) is 2.55. The fourth-order valence-corrected chi connectivity index (χ4v) is 3.90. The van der Waals surface area contributed by atoms with E-state index in [1.54, 1.807) is 29.2 Å². The van der Waals surface area contributed by atoms with Gasteiger partial charge in [-0.05, 0) is 18.2 Å². The number of benzene rings is 2. The zero-order valence-electron chi connectivity index (χ0n) is 16.8. The van der Waals surface area contributed by atoms with Crippen LogP contribution >= 0.6 is 0 Å². The minimum atomic E-state index is -1.07. The van der Waals surface area contributed by atoms with Gasteiger partial charge < -0.3 is 15.1 Å². The van der Waals surface area contributed by atoms with Gasteiger partial charge in [0.15, 0.2) is 0 Å². The Kier molecular flexibility index (Phi) is 5.83. The SMILES string of the molecule is O=C(C1CNC(=O)N(Cc2ccccc2F)C1=O)N1CCN(c2ccccc2F)CC1. The van der Waals surface area contributed by atoms with Gasteiger partial charge in [-0.15, -0.1) is 0 Å². The van der Waals surface area contributed by atoms with Crippen LogP contribution in [0.25, 0.3) is 0 Å². The summed E-state index contributed by atoms with van der Waals surface area (Å²) < 4.78 is 28.0. The highest BCUT2D eigenvalue weighted by molar-refractivity contribution is 6.08. The van der Waals surface area contributed by atoms with Crippen LogP contribution in [0.2, 0.25) is 0 Å². The van der Waals surface area contributed by atoms with Gasteiger partial charge in [0, 0.05) is 38.3 Å². The molecule has 0 aromatic heterocycles. The minimum Gasteiger partial charge on any atom is -0.366 e. The van der Waals surface area contributed by atoms with E-state index in [0.29, 0.717) is 31.9 Å². The summed E-state index contributed by atoms with van der Waals surface area (Å²) in [6.45, 7) is 1.17. The predicted octanol–water partition coefficient (Wildman–Crippen LogP) is 1.98. The molecule has 0 saturated carbocycles. The highest BCUT2D eigenvalue weighted by atomic mass is 19.1. The van der Waals surface area contributed by atoms with Gasteiger partial charge in [0.2, 0.25) is 11.8 Å². The van der Waals surface area contributed by atoms with Crippen molar-refractivity contribution in [2.45, 2.75) is 6.54 Å². The molecule has 9 heteroatoms. The third kappa shape index (κ3) is 4.21. The number of urea groups is 1. The first-order valence-corrected chi connectivity index (χ1v) is 10.1. The molecule has 0 bridgehead atoms. The van der Waals surface area contributed by atoms with Crippen LogP contribution in [0.1, 0.15) is 5.56 Å². The predicted molar refractivity (Wildman–Crippen MR) is 109 cm³/mol. The van der Waals surface area contributed by atoms with E-state index in [9.17, 15) is 23.2 Å². The summed E-state index contributed by atoms with van der Waals surface area (Å²) in [7, 11) is 0. The van der Waals surface area contributed by atoms with E-state index in [-0.39, 0.29) is 24.5 Å². The topological polar surface area (TPSA) is 73.0 Å². The minimum absolute atomic E-state index is 0.0994. The number of nitrogens with zero attached hydrogens (tertiary/aromatic N) is 3. The van der Waals surface area contributed by atoms with Crippen LogP contribution < -0.4 is 10.2 Å². The molecule has 1 N–H and O–H groups in total. The number of nitrogens with one attached hydrogen (secondary N) is 1. The number of hydrogen-bond donors (Lipinski definition) is 1. The van der Waals surface area contributed by atoms with E-state index >= 15 is 0 Å². The average molecular weight is 428 g/mol. The molecule has 2 heterocycles. The van der Waals surface area contributed by atoms with Crippen LogP contribution in [-0.4, -0.2) is 60.4 Å². The van der Waals surface area contributed by atoms with Gasteiger partial charge in [-0.25, -0.2) is 13.6 Å².